The minimum absolute atomic E-state index is 0.126. The van der Waals surface area contributed by atoms with Gasteiger partial charge in [0.25, 0.3) is 5.91 Å². The maximum atomic E-state index is 14.4. The van der Waals surface area contributed by atoms with Crippen LogP contribution in [0.1, 0.15) is 35.7 Å². The van der Waals surface area contributed by atoms with Crippen LogP contribution in [0.2, 0.25) is 0 Å². The van der Waals surface area contributed by atoms with Crippen molar-refractivity contribution in [2.45, 2.75) is 25.3 Å². The first-order chi connectivity index (χ1) is 12.8. The molecular formula is C20H19F3N2O2. The van der Waals surface area contributed by atoms with Gasteiger partial charge in [-0.25, -0.2) is 13.2 Å². The molecule has 0 spiro atoms. The number of hydrogen-bond acceptors (Lipinski definition) is 2. The monoisotopic (exact) mass is 376 g/mol. The lowest BCUT2D eigenvalue weighted by molar-refractivity contribution is -0.121. The number of carbonyl (C=O) groups is 2. The van der Waals surface area contributed by atoms with Crippen LogP contribution in [0.15, 0.2) is 42.5 Å². The summed E-state index contributed by atoms with van der Waals surface area (Å²) in [5.41, 5.74) is -1.23. The van der Waals surface area contributed by atoms with Crippen molar-refractivity contribution in [3.8, 4) is 0 Å². The molecule has 142 valence electrons. The van der Waals surface area contributed by atoms with Gasteiger partial charge in [-0.1, -0.05) is 24.3 Å². The second-order valence-electron chi connectivity index (χ2n) is 6.63. The van der Waals surface area contributed by atoms with Crippen LogP contribution in [-0.4, -0.2) is 29.8 Å². The first-order valence-corrected chi connectivity index (χ1v) is 8.61. The molecule has 0 saturated carbocycles. The Kier molecular flexibility index (Phi) is 5.21. The molecular weight excluding hydrogens is 357 g/mol. The van der Waals surface area contributed by atoms with Gasteiger partial charge in [0, 0.05) is 25.6 Å². The van der Waals surface area contributed by atoms with E-state index >= 15 is 0 Å². The molecule has 0 aliphatic carbocycles. The highest BCUT2D eigenvalue weighted by Gasteiger charge is 2.40. The Morgan fingerprint density at radius 2 is 1.48 bits per heavy atom. The van der Waals surface area contributed by atoms with E-state index in [0.29, 0.717) is 5.56 Å². The average Bonchev–Trinajstić information content (AvgIpc) is 2.62. The highest BCUT2D eigenvalue weighted by molar-refractivity contribution is 5.94. The van der Waals surface area contributed by atoms with Gasteiger partial charge in [-0.05, 0) is 31.0 Å². The summed E-state index contributed by atoms with van der Waals surface area (Å²) >= 11 is 0. The molecule has 0 radical (unpaired) electrons. The summed E-state index contributed by atoms with van der Waals surface area (Å²) in [6.45, 7) is 1.59. The third-order valence-corrected chi connectivity index (χ3v) is 4.89. The lowest BCUT2D eigenvalue weighted by Crippen LogP contribution is -2.54. The van der Waals surface area contributed by atoms with Crippen LogP contribution in [0.3, 0.4) is 0 Å². The molecule has 1 N–H and O–H groups in total. The Morgan fingerprint density at radius 1 is 0.926 bits per heavy atom. The van der Waals surface area contributed by atoms with Crippen molar-refractivity contribution >= 4 is 11.8 Å². The lowest BCUT2D eigenvalue weighted by atomic mass is 9.80. The van der Waals surface area contributed by atoms with Gasteiger partial charge in [-0.2, -0.15) is 0 Å². The second kappa shape index (κ2) is 7.42. The van der Waals surface area contributed by atoms with Gasteiger partial charge in [-0.15, -0.1) is 0 Å². The number of nitrogens with one attached hydrogen (secondary N) is 1. The predicted molar refractivity (Wildman–Crippen MR) is 93.4 cm³/mol. The zero-order valence-corrected chi connectivity index (χ0v) is 14.8. The molecule has 1 aliphatic heterocycles. The largest absolute Gasteiger partial charge is 0.347 e. The van der Waals surface area contributed by atoms with Gasteiger partial charge in [0.15, 0.2) is 0 Å². The standard InChI is InChI=1S/C20H19F3N2O2/c1-13(26)24-20(14-5-2-3-6-15(14)21)9-11-25(12-10-20)19(27)18-16(22)7-4-8-17(18)23/h2-8H,9-12H2,1H3,(H,24,26). The summed E-state index contributed by atoms with van der Waals surface area (Å²) in [6.07, 6.45) is 0.463. The SMILES string of the molecule is CC(=O)NC1(c2ccccc2F)CCN(C(=O)c2c(F)cccc2F)CC1. The number of nitrogens with zero attached hydrogens (tertiary/aromatic N) is 1. The summed E-state index contributed by atoms with van der Waals surface area (Å²) in [4.78, 5) is 25.6. The number of likely N-dealkylation sites (tertiary alicyclic amines) is 1. The Hall–Kier alpha value is -2.83. The molecule has 0 unspecified atom stereocenters. The van der Waals surface area contributed by atoms with E-state index < -0.39 is 34.5 Å². The van der Waals surface area contributed by atoms with Crippen LogP contribution in [0.5, 0.6) is 0 Å². The number of halogens is 3. The van der Waals surface area contributed by atoms with Crippen molar-refractivity contribution in [2.24, 2.45) is 0 Å². The van der Waals surface area contributed by atoms with Crippen molar-refractivity contribution in [3.63, 3.8) is 0 Å². The topological polar surface area (TPSA) is 49.4 Å². The van der Waals surface area contributed by atoms with Crippen molar-refractivity contribution in [1.29, 1.82) is 0 Å². The third-order valence-electron chi connectivity index (χ3n) is 4.89. The molecule has 3 rings (SSSR count). The van der Waals surface area contributed by atoms with Crippen LogP contribution in [-0.2, 0) is 10.3 Å². The van der Waals surface area contributed by atoms with E-state index in [1.165, 1.54) is 24.0 Å². The Balaban J connectivity index is 1.86. The molecule has 0 aromatic heterocycles. The summed E-state index contributed by atoms with van der Waals surface area (Å²) in [5.74, 6) is -3.37. The van der Waals surface area contributed by atoms with Crippen molar-refractivity contribution < 1.29 is 22.8 Å². The van der Waals surface area contributed by atoms with E-state index in [4.69, 9.17) is 0 Å². The van der Waals surface area contributed by atoms with Crippen molar-refractivity contribution in [2.75, 3.05) is 13.1 Å². The van der Waals surface area contributed by atoms with Crippen LogP contribution >= 0.6 is 0 Å². The van der Waals surface area contributed by atoms with Gasteiger partial charge in [0.05, 0.1) is 5.54 Å². The van der Waals surface area contributed by atoms with Crippen molar-refractivity contribution in [3.05, 3.63) is 71.0 Å². The minimum atomic E-state index is -0.971. The molecule has 2 aromatic rings. The first-order valence-electron chi connectivity index (χ1n) is 8.61. The van der Waals surface area contributed by atoms with Gasteiger partial charge in [0.2, 0.25) is 5.91 Å². The van der Waals surface area contributed by atoms with Gasteiger partial charge in [0.1, 0.15) is 23.0 Å². The number of carbonyl (C=O) groups excluding carboxylic acids is 2. The summed E-state index contributed by atoms with van der Waals surface area (Å²) in [7, 11) is 0. The van der Waals surface area contributed by atoms with E-state index in [-0.39, 0.29) is 31.8 Å². The highest BCUT2D eigenvalue weighted by Crippen LogP contribution is 2.35. The second-order valence-corrected chi connectivity index (χ2v) is 6.63. The van der Waals surface area contributed by atoms with E-state index in [1.807, 2.05) is 0 Å². The molecule has 4 nitrogen and oxygen atoms in total. The third kappa shape index (κ3) is 3.67. The quantitative estimate of drug-likeness (QED) is 0.893. The van der Waals surface area contributed by atoms with E-state index in [0.717, 1.165) is 12.1 Å². The Labute approximate surface area is 155 Å². The number of rotatable bonds is 3. The number of hydrogen-bond donors (Lipinski definition) is 1. The number of piperidine rings is 1. The molecule has 27 heavy (non-hydrogen) atoms. The van der Waals surface area contributed by atoms with Crippen LogP contribution in [0, 0.1) is 17.5 Å². The summed E-state index contributed by atoms with van der Waals surface area (Å²) in [6, 6.07) is 9.39. The fourth-order valence-electron chi connectivity index (χ4n) is 3.60. The van der Waals surface area contributed by atoms with Gasteiger partial charge >= 0.3 is 0 Å². The average molecular weight is 376 g/mol. The molecule has 2 amide bonds. The molecule has 2 aromatic carbocycles. The normalized spacial score (nSPS) is 16.1. The molecule has 1 aliphatic rings. The minimum Gasteiger partial charge on any atom is -0.347 e. The highest BCUT2D eigenvalue weighted by atomic mass is 19.1. The van der Waals surface area contributed by atoms with E-state index in [2.05, 4.69) is 5.32 Å². The molecule has 1 fully saturated rings. The van der Waals surface area contributed by atoms with Gasteiger partial charge < -0.3 is 10.2 Å². The van der Waals surface area contributed by atoms with E-state index in [9.17, 15) is 22.8 Å². The Morgan fingerprint density at radius 3 is 2.04 bits per heavy atom. The zero-order valence-electron chi connectivity index (χ0n) is 14.8. The maximum Gasteiger partial charge on any atom is 0.259 e. The van der Waals surface area contributed by atoms with Crippen LogP contribution < -0.4 is 5.32 Å². The summed E-state index contributed by atoms with van der Waals surface area (Å²) in [5, 5.41) is 2.81. The summed E-state index contributed by atoms with van der Waals surface area (Å²) < 4.78 is 42.2. The maximum absolute atomic E-state index is 14.4. The molecule has 7 heteroatoms. The number of benzene rings is 2. The predicted octanol–water partition coefficient (Wildman–Crippen LogP) is 3.37. The van der Waals surface area contributed by atoms with E-state index in [1.54, 1.807) is 18.2 Å². The molecule has 1 saturated heterocycles. The fraction of sp³-hybridized carbons (Fsp3) is 0.300. The van der Waals surface area contributed by atoms with Crippen molar-refractivity contribution in [1.82, 2.24) is 10.2 Å². The molecule has 0 bridgehead atoms. The smallest absolute Gasteiger partial charge is 0.259 e. The molecule has 0 atom stereocenters. The fourth-order valence-corrected chi connectivity index (χ4v) is 3.60. The van der Waals surface area contributed by atoms with Crippen LogP contribution in [0.25, 0.3) is 0 Å². The molecule has 1 heterocycles. The van der Waals surface area contributed by atoms with Gasteiger partial charge in [-0.3, -0.25) is 9.59 Å². The Bertz CT molecular complexity index is 857. The number of amides is 2. The zero-order chi connectivity index (χ0) is 19.6. The van der Waals surface area contributed by atoms with Crippen LogP contribution in [0.4, 0.5) is 13.2 Å². The lowest BCUT2D eigenvalue weighted by Gasteiger charge is -2.42. The first kappa shape index (κ1) is 18.9.